The number of benzene rings is 2. The molecule has 4 aromatic rings. The first kappa shape index (κ1) is 23.7. The summed E-state index contributed by atoms with van der Waals surface area (Å²) < 4.78 is 7.86. The Bertz CT molecular complexity index is 1450. The molecule has 0 saturated carbocycles. The van der Waals surface area contributed by atoms with E-state index in [0.29, 0.717) is 41.6 Å². The average Bonchev–Trinajstić information content (AvgIpc) is 3.39. The van der Waals surface area contributed by atoms with Crippen LogP contribution < -0.4 is 16.6 Å². The number of fused-ring (bicyclic) bond motifs is 1. The molecule has 10 heteroatoms. The maximum absolute atomic E-state index is 13.3. The first-order chi connectivity index (χ1) is 16.9. The zero-order valence-corrected chi connectivity index (χ0v) is 18.9. The van der Waals surface area contributed by atoms with Gasteiger partial charge in [0.25, 0.3) is 11.2 Å². The van der Waals surface area contributed by atoms with Crippen molar-refractivity contribution in [3.63, 3.8) is 0 Å². The smallest absolute Gasteiger partial charge is 0.331 e. The summed E-state index contributed by atoms with van der Waals surface area (Å²) >= 11 is 0. The number of nitrogens with one attached hydrogen (secondary N) is 1. The largest absolute Gasteiger partial charge is 0.467 e. The SMILES string of the molecule is O=C(CCCCn1c(=O)c2ccccc2n(Cc2ccc([N+](=O)[O-])cc2)c1=O)NCc1ccco1. The molecule has 35 heavy (non-hydrogen) atoms. The van der Waals surface area contributed by atoms with Gasteiger partial charge in [0.15, 0.2) is 0 Å². The van der Waals surface area contributed by atoms with Crippen LogP contribution in [-0.4, -0.2) is 20.0 Å². The summed E-state index contributed by atoms with van der Waals surface area (Å²) in [5, 5.41) is 14.1. The second kappa shape index (κ2) is 10.6. The van der Waals surface area contributed by atoms with Crippen LogP contribution in [0.3, 0.4) is 0 Å². The lowest BCUT2D eigenvalue weighted by atomic mass is 10.2. The molecule has 0 aliphatic carbocycles. The lowest BCUT2D eigenvalue weighted by molar-refractivity contribution is -0.384. The second-order valence-corrected chi connectivity index (χ2v) is 8.08. The van der Waals surface area contributed by atoms with Crippen molar-refractivity contribution in [3.8, 4) is 0 Å². The molecule has 0 aliphatic rings. The Labute approximate surface area is 199 Å². The Balaban J connectivity index is 1.49. The van der Waals surface area contributed by atoms with E-state index in [1.807, 2.05) is 0 Å². The van der Waals surface area contributed by atoms with Gasteiger partial charge in [-0.2, -0.15) is 0 Å². The molecule has 0 saturated heterocycles. The Morgan fingerprint density at radius 3 is 2.46 bits per heavy atom. The van der Waals surface area contributed by atoms with Crippen LogP contribution in [0, 0.1) is 10.1 Å². The van der Waals surface area contributed by atoms with Crippen LogP contribution in [0.2, 0.25) is 0 Å². The highest BCUT2D eigenvalue weighted by molar-refractivity contribution is 5.78. The lowest BCUT2D eigenvalue weighted by Crippen LogP contribution is -2.40. The highest BCUT2D eigenvalue weighted by Crippen LogP contribution is 2.15. The Kier molecular flexibility index (Phi) is 7.20. The van der Waals surface area contributed by atoms with Crippen molar-refractivity contribution < 1.29 is 14.1 Å². The quantitative estimate of drug-likeness (QED) is 0.213. The molecule has 1 N–H and O–H groups in total. The van der Waals surface area contributed by atoms with E-state index in [9.17, 15) is 24.5 Å². The van der Waals surface area contributed by atoms with Crippen LogP contribution in [0.25, 0.3) is 10.9 Å². The van der Waals surface area contributed by atoms with Gasteiger partial charge in [0.2, 0.25) is 5.91 Å². The fourth-order valence-corrected chi connectivity index (χ4v) is 3.87. The van der Waals surface area contributed by atoms with Gasteiger partial charge in [-0.25, -0.2) is 4.79 Å². The number of carbonyl (C=O) groups excluding carboxylic acids is 1. The van der Waals surface area contributed by atoms with Gasteiger partial charge in [0, 0.05) is 25.1 Å². The van der Waals surface area contributed by atoms with Crippen LogP contribution in [0.1, 0.15) is 30.6 Å². The van der Waals surface area contributed by atoms with E-state index >= 15 is 0 Å². The fourth-order valence-electron chi connectivity index (χ4n) is 3.87. The molecule has 0 atom stereocenters. The number of aromatic nitrogens is 2. The number of carbonyl (C=O) groups is 1. The predicted molar refractivity (Wildman–Crippen MR) is 129 cm³/mol. The van der Waals surface area contributed by atoms with Crippen molar-refractivity contribution >= 4 is 22.5 Å². The number of hydrogen-bond donors (Lipinski definition) is 1. The highest BCUT2D eigenvalue weighted by atomic mass is 16.6. The summed E-state index contributed by atoms with van der Waals surface area (Å²) in [5.41, 5.74) is 0.307. The molecule has 2 aromatic heterocycles. The standard InChI is InChI=1S/C25H24N4O6/c30-23(26-16-20-6-5-15-35-20)9-3-4-14-27-24(31)21-7-1-2-8-22(21)28(25(27)32)17-18-10-12-19(13-11-18)29(33)34/h1-2,5-8,10-13,15H,3-4,9,14,16-17H2,(H,26,30). The topological polar surface area (TPSA) is 129 Å². The minimum absolute atomic E-state index is 0.0378. The van der Waals surface area contributed by atoms with Crippen molar-refractivity contribution in [1.82, 2.24) is 14.5 Å². The molecule has 2 aromatic carbocycles. The van der Waals surface area contributed by atoms with E-state index < -0.39 is 10.6 Å². The Morgan fingerprint density at radius 1 is 0.971 bits per heavy atom. The molecule has 2 heterocycles. The van der Waals surface area contributed by atoms with Crippen LogP contribution in [0.15, 0.2) is 80.9 Å². The number of unbranched alkanes of at least 4 members (excludes halogenated alkanes) is 1. The molecule has 0 radical (unpaired) electrons. The first-order valence-electron chi connectivity index (χ1n) is 11.2. The number of non-ortho nitro benzene ring substituents is 1. The average molecular weight is 476 g/mol. The highest BCUT2D eigenvalue weighted by Gasteiger charge is 2.14. The summed E-state index contributed by atoms with van der Waals surface area (Å²) in [6.45, 7) is 0.643. The summed E-state index contributed by atoms with van der Waals surface area (Å²) in [5.74, 6) is 0.525. The molecular formula is C25H24N4O6. The molecule has 0 unspecified atom stereocenters. The lowest BCUT2D eigenvalue weighted by Gasteiger charge is -2.14. The van der Waals surface area contributed by atoms with E-state index in [-0.39, 0.29) is 36.7 Å². The first-order valence-corrected chi connectivity index (χ1v) is 11.2. The Morgan fingerprint density at radius 2 is 1.74 bits per heavy atom. The minimum atomic E-state index is -0.483. The number of nitro benzene ring substituents is 1. The van der Waals surface area contributed by atoms with Crippen molar-refractivity contribution in [3.05, 3.63) is 109 Å². The Hall–Kier alpha value is -4.47. The van der Waals surface area contributed by atoms with Crippen LogP contribution in [0.4, 0.5) is 5.69 Å². The molecule has 0 bridgehead atoms. The van der Waals surface area contributed by atoms with Gasteiger partial charge in [-0.1, -0.05) is 24.3 Å². The van der Waals surface area contributed by atoms with Crippen molar-refractivity contribution in [2.24, 2.45) is 0 Å². The molecule has 0 spiro atoms. The van der Waals surface area contributed by atoms with E-state index in [1.54, 1.807) is 48.5 Å². The summed E-state index contributed by atoms with van der Waals surface area (Å²) in [4.78, 5) is 48.8. The van der Waals surface area contributed by atoms with Gasteiger partial charge in [-0.05, 0) is 42.7 Å². The molecule has 1 amide bonds. The number of amides is 1. The molecule has 4 rings (SSSR count). The fraction of sp³-hybridized carbons (Fsp3) is 0.240. The normalized spacial score (nSPS) is 11.0. The summed E-state index contributed by atoms with van der Waals surface area (Å²) in [6.07, 6.45) is 2.78. The van der Waals surface area contributed by atoms with Gasteiger partial charge in [0.05, 0.1) is 35.2 Å². The van der Waals surface area contributed by atoms with Gasteiger partial charge >= 0.3 is 5.69 Å². The summed E-state index contributed by atoms with van der Waals surface area (Å²) in [6, 6.07) is 16.3. The third-order valence-electron chi connectivity index (χ3n) is 5.70. The van der Waals surface area contributed by atoms with Gasteiger partial charge in [0.1, 0.15) is 5.76 Å². The van der Waals surface area contributed by atoms with Crippen molar-refractivity contribution in [1.29, 1.82) is 0 Å². The van der Waals surface area contributed by atoms with Gasteiger partial charge < -0.3 is 9.73 Å². The van der Waals surface area contributed by atoms with E-state index in [1.165, 1.54) is 27.5 Å². The molecule has 0 fully saturated rings. The van der Waals surface area contributed by atoms with Gasteiger partial charge in [-0.15, -0.1) is 0 Å². The molecular weight excluding hydrogens is 452 g/mol. The van der Waals surface area contributed by atoms with Crippen molar-refractivity contribution in [2.45, 2.75) is 38.9 Å². The summed E-state index contributed by atoms with van der Waals surface area (Å²) in [7, 11) is 0. The van der Waals surface area contributed by atoms with E-state index in [2.05, 4.69) is 5.32 Å². The molecule has 180 valence electrons. The minimum Gasteiger partial charge on any atom is -0.467 e. The van der Waals surface area contributed by atoms with Crippen molar-refractivity contribution in [2.75, 3.05) is 0 Å². The number of hydrogen-bond acceptors (Lipinski definition) is 6. The van der Waals surface area contributed by atoms with E-state index in [4.69, 9.17) is 4.42 Å². The predicted octanol–water partition coefficient (Wildman–Crippen LogP) is 3.20. The number of para-hydroxylation sites is 1. The van der Waals surface area contributed by atoms with Crippen LogP contribution in [0.5, 0.6) is 0 Å². The zero-order valence-electron chi connectivity index (χ0n) is 18.9. The zero-order chi connectivity index (χ0) is 24.8. The second-order valence-electron chi connectivity index (χ2n) is 8.08. The molecule has 0 aliphatic heterocycles. The number of nitro groups is 1. The number of furan rings is 1. The maximum atomic E-state index is 13.3. The monoisotopic (exact) mass is 476 g/mol. The number of nitrogens with zero attached hydrogens (tertiary/aromatic N) is 3. The molecule has 10 nitrogen and oxygen atoms in total. The third kappa shape index (κ3) is 5.55. The van der Waals surface area contributed by atoms with Gasteiger partial charge in [-0.3, -0.25) is 28.8 Å². The maximum Gasteiger partial charge on any atom is 0.331 e. The van der Waals surface area contributed by atoms with E-state index in [0.717, 1.165) is 0 Å². The van der Waals surface area contributed by atoms with Crippen LogP contribution in [-0.2, 0) is 24.4 Å². The third-order valence-corrected chi connectivity index (χ3v) is 5.70. The number of rotatable bonds is 10. The van der Waals surface area contributed by atoms with Crippen LogP contribution >= 0.6 is 0 Å².